The summed E-state index contributed by atoms with van der Waals surface area (Å²) in [5.74, 6) is 0. The number of sulfonamides is 1. The van der Waals surface area contributed by atoms with Gasteiger partial charge < -0.3 is 5.32 Å². The maximum absolute atomic E-state index is 12.4. The van der Waals surface area contributed by atoms with Crippen LogP contribution >= 0.6 is 0 Å². The molecule has 0 radical (unpaired) electrons. The number of aryl methyl sites for hydroxylation is 2. The van der Waals surface area contributed by atoms with E-state index in [0.717, 1.165) is 11.1 Å². The van der Waals surface area contributed by atoms with E-state index < -0.39 is 10.0 Å². The number of nitrogens with one attached hydrogen (secondary N) is 2. The predicted molar refractivity (Wildman–Crippen MR) is 80.5 cm³/mol. The van der Waals surface area contributed by atoms with Gasteiger partial charge in [-0.15, -0.1) is 0 Å². The van der Waals surface area contributed by atoms with Crippen molar-refractivity contribution in [2.75, 3.05) is 17.1 Å². The zero-order chi connectivity index (χ0) is 14.8. The number of pyridine rings is 1. The second-order valence-corrected chi connectivity index (χ2v) is 6.13. The van der Waals surface area contributed by atoms with Crippen LogP contribution in [0.1, 0.15) is 11.1 Å². The maximum atomic E-state index is 12.4. The summed E-state index contributed by atoms with van der Waals surface area (Å²) < 4.78 is 27.5. The average molecular weight is 291 g/mol. The van der Waals surface area contributed by atoms with Gasteiger partial charge in [0.25, 0.3) is 10.0 Å². The summed E-state index contributed by atoms with van der Waals surface area (Å²) in [5, 5.41) is 2.82. The Hall–Kier alpha value is -2.08. The second kappa shape index (κ2) is 5.50. The van der Waals surface area contributed by atoms with Crippen molar-refractivity contribution in [1.29, 1.82) is 0 Å². The molecule has 1 aromatic heterocycles. The first kappa shape index (κ1) is 14.3. The molecule has 1 aromatic carbocycles. The lowest BCUT2D eigenvalue weighted by atomic mass is 10.1. The van der Waals surface area contributed by atoms with E-state index in [1.54, 1.807) is 25.2 Å². The molecule has 1 heterocycles. The first-order valence-corrected chi connectivity index (χ1v) is 7.65. The molecule has 106 valence electrons. The fraction of sp³-hybridized carbons (Fsp3) is 0.214. The van der Waals surface area contributed by atoms with Gasteiger partial charge in [-0.1, -0.05) is 12.1 Å². The van der Waals surface area contributed by atoms with Crippen molar-refractivity contribution in [3.63, 3.8) is 0 Å². The SMILES string of the molecule is CNc1cccnc1S(=O)(=O)Nc1cc(C)ccc1C. The summed E-state index contributed by atoms with van der Waals surface area (Å²) in [6, 6.07) is 8.97. The standard InChI is InChI=1S/C14H17N3O2S/c1-10-6-7-11(2)13(9-10)17-20(18,19)14-12(15-3)5-4-8-16-14/h4-9,15,17H,1-3H3. The summed E-state index contributed by atoms with van der Waals surface area (Å²) in [6.45, 7) is 3.77. The summed E-state index contributed by atoms with van der Waals surface area (Å²) in [5.41, 5.74) is 2.88. The van der Waals surface area contributed by atoms with Crippen molar-refractivity contribution in [2.45, 2.75) is 18.9 Å². The summed E-state index contributed by atoms with van der Waals surface area (Å²) >= 11 is 0. The third-order valence-corrected chi connectivity index (χ3v) is 4.26. The molecule has 0 atom stereocenters. The Morgan fingerprint density at radius 2 is 1.85 bits per heavy atom. The second-order valence-electron chi connectivity index (χ2n) is 4.53. The van der Waals surface area contributed by atoms with Gasteiger partial charge in [0, 0.05) is 13.2 Å². The molecule has 2 aromatic rings. The lowest BCUT2D eigenvalue weighted by Gasteiger charge is -2.13. The van der Waals surface area contributed by atoms with E-state index in [2.05, 4.69) is 15.0 Å². The van der Waals surface area contributed by atoms with Gasteiger partial charge in [-0.05, 0) is 43.2 Å². The van der Waals surface area contributed by atoms with Crippen LogP contribution in [0.25, 0.3) is 0 Å². The Labute approximate surface area is 119 Å². The minimum Gasteiger partial charge on any atom is -0.386 e. The van der Waals surface area contributed by atoms with Crippen LogP contribution in [0.3, 0.4) is 0 Å². The Balaban J connectivity index is 2.43. The lowest BCUT2D eigenvalue weighted by Crippen LogP contribution is -2.17. The van der Waals surface area contributed by atoms with Crippen LogP contribution in [0, 0.1) is 13.8 Å². The Bertz CT molecular complexity index is 727. The first-order valence-electron chi connectivity index (χ1n) is 6.17. The van der Waals surface area contributed by atoms with Crippen LogP contribution in [-0.2, 0) is 10.0 Å². The molecule has 0 aliphatic heterocycles. The highest BCUT2D eigenvalue weighted by Gasteiger charge is 2.20. The number of rotatable bonds is 4. The Kier molecular flexibility index (Phi) is 3.94. The van der Waals surface area contributed by atoms with Crippen molar-refractivity contribution in [1.82, 2.24) is 4.98 Å². The van der Waals surface area contributed by atoms with Crippen LogP contribution in [0.4, 0.5) is 11.4 Å². The van der Waals surface area contributed by atoms with Gasteiger partial charge in [0.05, 0.1) is 11.4 Å². The van der Waals surface area contributed by atoms with Gasteiger partial charge in [-0.2, -0.15) is 8.42 Å². The molecule has 0 unspecified atom stereocenters. The van der Waals surface area contributed by atoms with Crippen molar-refractivity contribution in [3.05, 3.63) is 47.7 Å². The zero-order valence-electron chi connectivity index (χ0n) is 11.6. The lowest BCUT2D eigenvalue weighted by molar-refractivity contribution is 0.598. The molecule has 0 spiro atoms. The van der Waals surface area contributed by atoms with E-state index >= 15 is 0 Å². The number of nitrogens with zero attached hydrogens (tertiary/aromatic N) is 1. The number of anilines is 2. The summed E-state index contributed by atoms with van der Waals surface area (Å²) in [7, 11) is -2.06. The molecule has 0 amide bonds. The van der Waals surface area contributed by atoms with E-state index in [1.165, 1.54) is 6.20 Å². The van der Waals surface area contributed by atoms with Crippen LogP contribution in [0.5, 0.6) is 0 Å². The molecule has 0 fully saturated rings. The first-order chi connectivity index (χ1) is 9.44. The van der Waals surface area contributed by atoms with Crippen LogP contribution in [-0.4, -0.2) is 20.4 Å². The molecule has 0 aliphatic rings. The highest BCUT2D eigenvalue weighted by Crippen LogP contribution is 2.23. The minimum atomic E-state index is -3.72. The van der Waals surface area contributed by atoms with Gasteiger partial charge in [0.15, 0.2) is 5.03 Å². The zero-order valence-corrected chi connectivity index (χ0v) is 12.5. The molecule has 0 saturated heterocycles. The van der Waals surface area contributed by atoms with Crippen molar-refractivity contribution in [2.24, 2.45) is 0 Å². The highest BCUT2D eigenvalue weighted by molar-refractivity contribution is 7.92. The molecule has 6 heteroatoms. The highest BCUT2D eigenvalue weighted by atomic mass is 32.2. The molecule has 0 aliphatic carbocycles. The summed E-state index contributed by atoms with van der Waals surface area (Å²) in [6.07, 6.45) is 1.46. The molecule has 0 bridgehead atoms. The third kappa shape index (κ3) is 2.91. The normalized spacial score (nSPS) is 11.2. The maximum Gasteiger partial charge on any atom is 0.281 e. The van der Waals surface area contributed by atoms with Crippen LogP contribution in [0.2, 0.25) is 0 Å². The van der Waals surface area contributed by atoms with E-state index in [0.29, 0.717) is 11.4 Å². The van der Waals surface area contributed by atoms with Crippen LogP contribution < -0.4 is 10.0 Å². The van der Waals surface area contributed by atoms with E-state index in [1.807, 2.05) is 26.0 Å². The Morgan fingerprint density at radius 3 is 2.55 bits per heavy atom. The molecule has 2 N–H and O–H groups in total. The van der Waals surface area contributed by atoms with Gasteiger partial charge in [-0.3, -0.25) is 4.72 Å². The monoisotopic (exact) mass is 291 g/mol. The molecule has 5 nitrogen and oxygen atoms in total. The molecule has 20 heavy (non-hydrogen) atoms. The average Bonchev–Trinajstić information content (AvgIpc) is 2.42. The fourth-order valence-corrected chi connectivity index (χ4v) is 3.10. The Morgan fingerprint density at radius 1 is 1.10 bits per heavy atom. The van der Waals surface area contributed by atoms with E-state index in [-0.39, 0.29) is 5.03 Å². The summed E-state index contributed by atoms with van der Waals surface area (Å²) in [4.78, 5) is 3.96. The van der Waals surface area contributed by atoms with Gasteiger partial charge >= 0.3 is 0 Å². The molecule has 2 rings (SSSR count). The quantitative estimate of drug-likeness (QED) is 0.908. The number of aromatic nitrogens is 1. The number of hydrogen-bond donors (Lipinski definition) is 2. The predicted octanol–water partition coefficient (Wildman–Crippen LogP) is 2.54. The fourth-order valence-electron chi connectivity index (χ4n) is 1.83. The number of hydrogen-bond acceptors (Lipinski definition) is 4. The minimum absolute atomic E-state index is 0.0107. The van der Waals surface area contributed by atoms with E-state index in [4.69, 9.17) is 0 Å². The number of benzene rings is 1. The molecular formula is C14H17N3O2S. The van der Waals surface area contributed by atoms with E-state index in [9.17, 15) is 8.42 Å². The van der Waals surface area contributed by atoms with Crippen molar-refractivity contribution < 1.29 is 8.42 Å². The largest absolute Gasteiger partial charge is 0.386 e. The third-order valence-electron chi connectivity index (χ3n) is 2.93. The van der Waals surface area contributed by atoms with Crippen molar-refractivity contribution >= 4 is 21.4 Å². The van der Waals surface area contributed by atoms with Gasteiger partial charge in [0.1, 0.15) is 0 Å². The topological polar surface area (TPSA) is 71.1 Å². The smallest absolute Gasteiger partial charge is 0.281 e. The van der Waals surface area contributed by atoms with Crippen LogP contribution in [0.15, 0.2) is 41.6 Å². The van der Waals surface area contributed by atoms with Gasteiger partial charge in [-0.25, -0.2) is 4.98 Å². The van der Waals surface area contributed by atoms with Crippen molar-refractivity contribution in [3.8, 4) is 0 Å². The molecular weight excluding hydrogens is 274 g/mol. The molecule has 0 saturated carbocycles. The van der Waals surface area contributed by atoms with Gasteiger partial charge in [0.2, 0.25) is 0 Å².